The summed E-state index contributed by atoms with van der Waals surface area (Å²) in [5.41, 5.74) is -0.208. The molecular formula is C23H38O4. The molecule has 8 unspecified atom stereocenters. The van der Waals surface area contributed by atoms with Crippen LogP contribution >= 0.6 is 0 Å². The molecule has 0 aromatic heterocycles. The molecular weight excluding hydrogens is 340 g/mol. The summed E-state index contributed by atoms with van der Waals surface area (Å²) in [6.45, 7) is 8.68. The number of fused-ring (bicyclic) bond motifs is 5. The van der Waals surface area contributed by atoms with Crippen LogP contribution in [0.2, 0.25) is 0 Å². The summed E-state index contributed by atoms with van der Waals surface area (Å²) in [6, 6.07) is 0. The van der Waals surface area contributed by atoms with Gasteiger partial charge in [0.05, 0.1) is 30.3 Å². The number of carbonyl (C=O) groups excluding carboxylic acids is 1. The molecule has 4 fully saturated rings. The van der Waals surface area contributed by atoms with Crippen LogP contribution in [0.5, 0.6) is 0 Å². The molecule has 154 valence electrons. The van der Waals surface area contributed by atoms with Gasteiger partial charge in [0.2, 0.25) is 0 Å². The number of carbonyl (C=O) groups is 1. The van der Waals surface area contributed by atoms with Gasteiger partial charge >= 0.3 is 5.97 Å². The summed E-state index contributed by atoms with van der Waals surface area (Å²) in [7, 11) is 0. The average molecular weight is 379 g/mol. The minimum absolute atomic E-state index is 0.00968. The second-order valence-corrected chi connectivity index (χ2v) is 9.53. The van der Waals surface area contributed by atoms with Crippen molar-refractivity contribution in [3.05, 3.63) is 0 Å². The first-order valence-electron chi connectivity index (χ1n) is 11.6. The quantitative estimate of drug-likeness (QED) is 0.618. The highest BCUT2D eigenvalue weighted by Gasteiger charge is 2.63. The lowest BCUT2D eigenvalue weighted by Gasteiger charge is -2.38. The first-order chi connectivity index (χ1) is 13.0. The van der Waals surface area contributed by atoms with Gasteiger partial charge in [-0.05, 0) is 51.4 Å². The van der Waals surface area contributed by atoms with Crippen LogP contribution in [0.15, 0.2) is 0 Å². The zero-order valence-corrected chi connectivity index (χ0v) is 17.6. The molecule has 0 spiro atoms. The van der Waals surface area contributed by atoms with Gasteiger partial charge < -0.3 is 14.2 Å². The third kappa shape index (κ3) is 3.25. The molecule has 27 heavy (non-hydrogen) atoms. The van der Waals surface area contributed by atoms with Crippen LogP contribution in [0.4, 0.5) is 0 Å². The van der Waals surface area contributed by atoms with Gasteiger partial charge in [0.1, 0.15) is 5.60 Å². The lowest BCUT2D eigenvalue weighted by Crippen LogP contribution is -2.44. The highest BCUT2D eigenvalue weighted by molar-refractivity contribution is 5.73. The lowest BCUT2D eigenvalue weighted by atomic mass is 9.67. The Morgan fingerprint density at radius 1 is 1.04 bits per heavy atom. The van der Waals surface area contributed by atoms with Gasteiger partial charge in [-0.15, -0.1) is 0 Å². The molecule has 4 heteroatoms. The molecule has 0 N–H and O–H groups in total. The molecule has 3 aliphatic heterocycles. The van der Waals surface area contributed by atoms with Crippen LogP contribution in [-0.2, 0) is 19.0 Å². The topological polar surface area (TPSA) is 44.8 Å². The molecule has 8 atom stereocenters. The first kappa shape index (κ1) is 19.7. The molecule has 1 aliphatic carbocycles. The largest absolute Gasteiger partial charge is 0.459 e. The van der Waals surface area contributed by atoms with Crippen molar-refractivity contribution in [1.82, 2.24) is 0 Å². The molecule has 4 aliphatic rings. The van der Waals surface area contributed by atoms with Crippen molar-refractivity contribution in [2.45, 2.75) is 115 Å². The molecule has 4 nitrogen and oxygen atoms in total. The molecule has 0 aromatic carbocycles. The summed E-state index contributed by atoms with van der Waals surface area (Å²) in [5, 5.41) is 0. The van der Waals surface area contributed by atoms with Gasteiger partial charge in [-0.2, -0.15) is 0 Å². The molecule has 0 amide bonds. The van der Waals surface area contributed by atoms with Crippen LogP contribution in [0, 0.1) is 23.7 Å². The lowest BCUT2D eigenvalue weighted by molar-refractivity contribution is -0.171. The van der Waals surface area contributed by atoms with Crippen molar-refractivity contribution >= 4 is 5.97 Å². The average Bonchev–Trinajstić information content (AvgIpc) is 3.38. The van der Waals surface area contributed by atoms with Gasteiger partial charge in [-0.3, -0.25) is 4.79 Å². The fraction of sp³-hybridized carbons (Fsp3) is 0.957. The van der Waals surface area contributed by atoms with E-state index in [1.54, 1.807) is 0 Å². The monoisotopic (exact) mass is 378 g/mol. The normalized spacial score (nSPS) is 43.5. The molecule has 4 rings (SSSR count). The Balaban J connectivity index is 1.44. The number of hydrogen-bond acceptors (Lipinski definition) is 4. The number of esters is 1. The SMILES string of the molecule is CCC1OC(CC)C2C3OC(CC3C(C)C(=O)OC3(CC)CCCCC3)C12. The standard InChI is InChI=1S/C23H38O4/c1-5-16-19-18-13-15(21(26-18)20(19)17(6-2)25-16)14(4)22(24)27-23(7-3)11-9-8-10-12-23/h14-21H,5-13H2,1-4H3. The Morgan fingerprint density at radius 2 is 1.70 bits per heavy atom. The van der Waals surface area contributed by atoms with Crippen LogP contribution in [0.3, 0.4) is 0 Å². The van der Waals surface area contributed by atoms with E-state index in [9.17, 15) is 4.79 Å². The first-order valence-corrected chi connectivity index (χ1v) is 11.6. The third-order valence-corrected chi connectivity index (χ3v) is 8.26. The molecule has 2 bridgehead atoms. The zero-order valence-electron chi connectivity index (χ0n) is 17.6. The van der Waals surface area contributed by atoms with Gasteiger partial charge in [0, 0.05) is 17.8 Å². The van der Waals surface area contributed by atoms with Crippen LogP contribution in [0.25, 0.3) is 0 Å². The zero-order chi connectivity index (χ0) is 19.2. The van der Waals surface area contributed by atoms with Crippen molar-refractivity contribution in [3.63, 3.8) is 0 Å². The maximum atomic E-state index is 13.1. The summed E-state index contributed by atoms with van der Waals surface area (Å²) in [6.07, 6.45) is 10.8. The molecule has 3 saturated heterocycles. The number of ether oxygens (including phenoxy) is 3. The van der Waals surface area contributed by atoms with Gasteiger partial charge in [0.15, 0.2) is 0 Å². The molecule has 1 saturated carbocycles. The van der Waals surface area contributed by atoms with Crippen LogP contribution in [0.1, 0.15) is 85.5 Å². The van der Waals surface area contributed by atoms with E-state index in [0.29, 0.717) is 24.0 Å². The molecule has 0 aromatic rings. The maximum Gasteiger partial charge on any atom is 0.309 e. The summed E-state index contributed by atoms with van der Waals surface area (Å²) in [5.74, 6) is 1.22. The molecule has 3 heterocycles. The van der Waals surface area contributed by atoms with Gasteiger partial charge in [-0.25, -0.2) is 0 Å². The Morgan fingerprint density at radius 3 is 2.33 bits per heavy atom. The smallest absolute Gasteiger partial charge is 0.309 e. The predicted octanol–water partition coefficient (Wildman–Crippen LogP) is 4.89. The minimum atomic E-state index is -0.208. The summed E-state index contributed by atoms with van der Waals surface area (Å²) < 4.78 is 19.0. The fourth-order valence-electron chi connectivity index (χ4n) is 6.63. The van der Waals surface area contributed by atoms with E-state index in [0.717, 1.165) is 38.5 Å². The maximum absolute atomic E-state index is 13.1. The Labute approximate surface area is 164 Å². The van der Waals surface area contributed by atoms with E-state index in [1.165, 1.54) is 19.3 Å². The summed E-state index contributed by atoms with van der Waals surface area (Å²) >= 11 is 0. The second kappa shape index (κ2) is 7.67. The predicted molar refractivity (Wildman–Crippen MR) is 104 cm³/mol. The Kier molecular flexibility index (Phi) is 5.59. The second-order valence-electron chi connectivity index (χ2n) is 9.53. The van der Waals surface area contributed by atoms with Crippen molar-refractivity contribution in [3.8, 4) is 0 Å². The minimum Gasteiger partial charge on any atom is -0.459 e. The third-order valence-electron chi connectivity index (χ3n) is 8.26. The highest BCUT2D eigenvalue weighted by atomic mass is 16.6. The van der Waals surface area contributed by atoms with E-state index in [4.69, 9.17) is 14.2 Å². The van der Waals surface area contributed by atoms with E-state index >= 15 is 0 Å². The highest BCUT2D eigenvalue weighted by Crippen LogP contribution is 2.57. The molecule has 0 radical (unpaired) electrons. The van der Waals surface area contributed by atoms with E-state index in [1.807, 2.05) is 0 Å². The van der Waals surface area contributed by atoms with Crippen molar-refractivity contribution < 1.29 is 19.0 Å². The number of rotatable bonds is 6. The van der Waals surface area contributed by atoms with Crippen LogP contribution < -0.4 is 0 Å². The Hall–Kier alpha value is -0.610. The van der Waals surface area contributed by atoms with Crippen molar-refractivity contribution in [2.24, 2.45) is 23.7 Å². The van der Waals surface area contributed by atoms with E-state index in [-0.39, 0.29) is 35.6 Å². The Bertz CT molecular complexity index is 540. The van der Waals surface area contributed by atoms with Gasteiger partial charge in [0.25, 0.3) is 0 Å². The fourth-order valence-corrected chi connectivity index (χ4v) is 6.63. The van der Waals surface area contributed by atoms with E-state index in [2.05, 4.69) is 27.7 Å². The summed E-state index contributed by atoms with van der Waals surface area (Å²) in [4.78, 5) is 13.1. The van der Waals surface area contributed by atoms with Crippen LogP contribution in [-0.4, -0.2) is 36.0 Å². The van der Waals surface area contributed by atoms with Gasteiger partial charge in [-0.1, -0.05) is 34.1 Å². The van der Waals surface area contributed by atoms with E-state index < -0.39 is 0 Å². The van der Waals surface area contributed by atoms with Crippen molar-refractivity contribution in [1.29, 1.82) is 0 Å². The van der Waals surface area contributed by atoms with Crippen molar-refractivity contribution in [2.75, 3.05) is 0 Å². The number of hydrogen-bond donors (Lipinski definition) is 0.